The number of allylic oxidation sites excluding steroid dienone is 6. The van der Waals surface area contributed by atoms with Gasteiger partial charge in [0.2, 0.25) is 0 Å². The monoisotopic (exact) mass is 1500 g/mol. The fourth-order valence-corrected chi connectivity index (χ4v) is 49.6. The third kappa shape index (κ3) is 23.9. The van der Waals surface area contributed by atoms with Gasteiger partial charge in [-0.3, -0.25) is 0 Å². The summed E-state index contributed by atoms with van der Waals surface area (Å²) in [5.41, 5.74) is 36.1. The van der Waals surface area contributed by atoms with Crippen LogP contribution < -0.4 is 0 Å². The zero-order chi connectivity index (χ0) is 80.9. The van der Waals surface area contributed by atoms with Gasteiger partial charge in [-0.1, -0.05) is 333 Å². The number of hydrogen-bond donors (Lipinski definition) is 0. The van der Waals surface area contributed by atoms with Crippen molar-refractivity contribution in [1.82, 2.24) is 0 Å². The van der Waals surface area contributed by atoms with Crippen LogP contribution in [0, 0.1) is 164 Å². The van der Waals surface area contributed by atoms with E-state index in [1.807, 2.05) is 60.7 Å². The first kappa shape index (κ1) is 94.9. The molecule has 0 unspecified atom stereocenters. The van der Waals surface area contributed by atoms with Crippen LogP contribution in [-0.4, -0.2) is 48.4 Å². The quantitative estimate of drug-likeness (QED) is 0.103. The molecule has 0 atom stereocenters. The first-order chi connectivity index (χ1) is 49.5. The molecule has 0 radical (unpaired) electrons. The fraction of sp³-hybridized carbons (Fsp3) is 0.540. The second-order valence-electron chi connectivity index (χ2n) is 34.9. The summed E-state index contributed by atoms with van der Waals surface area (Å²) in [6.07, 6.45) is 0. The first-order valence-electron chi connectivity index (χ1n) is 40.1. The van der Waals surface area contributed by atoms with Gasteiger partial charge in [0.05, 0.1) is 33.4 Å². The molecule has 0 saturated heterocycles. The van der Waals surface area contributed by atoms with Crippen molar-refractivity contribution < 1.29 is 0 Å². The van der Waals surface area contributed by atoms with Crippen molar-refractivity contribution in [2.45, 2.75) is 349 Å². The molecular weight excluding hydrogens is 1370 g/mol. The van der Waals surface area contributed by atoms with E-state index in [0.29, 0.717) is 133 Å². The summed E-state index contributed by atoms with van der Waals surface area (Å²) in [4.78, 5) is 0. The fourth-order valence-electron chi connectivity index (χ4n) is 18.4. The van der Waals surface area contributed by atoms with E-state index < -0.39 is 48.4 Å². The zero-order valence-electron chi connectivity index (χ0n) is 73.2. The summed E-state index contributed by atoms with van der Waals surface area (Å²) in [7, 11) is -14.0. The van der Waals surface area contributed by atoms with Gasteiger partial charge in [-0.05, 0) is 207 Å². The van der Waals surface area contributed by atoms with Crippen LogP contribution in [0.2, 0.25) is 99.7 Å². The highest BCUT2D eigenvalue weighted by Crippen LogP contribution is 2.46. The number of benzene rings is 2. The Kier molecular flexibility index (Phi) is 39.1. The Morgan fingerprint density at radius 2 is 0.292 bits per heavy atom. The van der Waals surface area contributed by atoms with E-state index in [2.05, 4.69) is 413 Å². The molecule has 0 amide bonds. The smallest absolute Gasteiger partial charge is 0.124 e. The Morgan fingerprint density at radius 1 is 0.170 bits per heavy atom. The second-order valence-corrected chi connectivity index (χ2v) is 68.3. The molecule has 0 aromatic heterocycles. The standard InChI is InChI=1S/C100H136Si6/c1-75(2)101(76(3)4,77(5)6)69-63-95(57-45-43-55-93-51-39-37-40-52-93)97(65-71-103(81(13)14,82(15)16)83(17)18)59-47-49-61-99(67-73-105(87(25)26,88(27)28)89(29)30)100(68-74-106(90(31)32,91(33)34)92(35)36)62-50-48-60-98(66-72-104(84(19)20,85(21)22)86(23)24)96(58-46-44-56-94-53-41-38-42-54-94)64-70-102(78(7)8,79(9)10)80(11)12/h37-42,51-54,75-92H,1-36H3/b97-95+,98-96+,100-99+. The molecule has 0 saturated carbocycles. The van der Waals surface area contributed by atoms with Crippen LogP contribution in [0.3, 0.4) is 0 Å². The second kappa shape index (κ2) is 43.7. The molecular formula is C100H136Si6. The van der Waals surface area contributed by atoms with Crippen LogP contribution in [0.25, 0.3) is 0 Å². The zero-order valence-corrected chi connectivity index (χ0v) is 79.2. The minimum absolute atomic E-state index is 0.351. The van der Waals surface area contributed by atoms with E-state index in [9.17, 15) is 0 Å². The topological polar surface area (TPSA) is 0 Å². The van der Waals surface area contributed by atoms with Gasteiger partial charge < -0.3 is 0 Å². The largest absolute Gasteiger partial charge is 0.146 e. The van der Waals surface area contributed by atoms with Gasteiger partial charge in [0, 0.05) is 11.1 Å². The van der Waals surface area contributed by atoms with Crippen LogP contribution >= 0.6 is 0 Å². The molecule has 2 aromatic carbocycles. The average Bonchev–Trinajstić information content (AvgIpc) is 0.825. The summed E-state index contributed by atoms with van der Waals surface area (Å²) < 4.78 is 0. The highest BCUT2D eigenvalue weighted by atomic mass is 28.3. The van der Waals surface area contributed by atoms with Crippen LogP contribution in [0.15, 0.2) is 94.1 Å². The third-order valence-electron chi connectivity index (χ3n) is 23.7. The van der Waals surface area contributed by atoms with E-state index in [4.69, 9.17) is 0 Å². The lowest BCUT2D eigenvalue weighted by Crippen LogP contribution is -2.43. The van der Waals surface area contributed by atoms with Crippen molar-refractivity contribution in [3.63, 3.8) is 0 Å². The highest BCUT2D eigenvalue weighted by Gasteiger charge is 2.47. The molecule has 0 aliphatic heterocycles. The average molecular weight is 1510 g/mol. The van der Waals surface area contributed by atoms with Gasteiger partial charge in [-0.2, -0.15) is 0 Å². The lowest BCUT2D eigenvalue weighted by Gasteiger charge is -2.38. The molecule has 106 heavy (non-hydrogen) atoms. The van der Waals surface area contributed by atoms with Crippen molar-refractivity contribution in [2.75, 3.05) is 0 Å². The van der Waals surface area contributed by atoms with E-state index in [0.717, 1.165) is 11.1 Å². The Balaban J connectivity index is 4.05. The minimum Gasteiger partial charge on any atom is -0.124 e. The van der Waals surface area contributed by atoms with Crippen LogP contribution in [0.5, 0.6) is 0 Å². The van der Waals surface area contributed by atoms with Gasteiger partial charge in [-0.25, -0.2) is 0 Å². The molecule has 0 aliphatic rings. The molecule has 6 heteroatoms. The molecule has 560 valence electrons. The Morgan fingerprint density at radius 3 is 0.415 bits per heavy atom. The van der Waals surface area contributed by atoms with E-state index in [1.54, 1.807) is 0 Å². The summed E-state index contributed by atoms with van der Waals surface area (Å²) in [6.45, 7) is 84.5. The Labute approximate surface area is 661 Å². The lowest BCUT2D eigenvalue weighted by atomic mass is 10.1. The van der Waals surface area contributed by atoms with Crippen molar-refractivity contribution in [1.29, 1.82) is 0 Å². The van der Waals surface area contributed by atoms with Crippen molar-refractivity contribution in [3.05, 3.63) is 105 Å². The maximum atomic E-state index is 4.07. The molecule has 0 spiro atoms. The summed E-state index contributed by atoms with van der Waals surface area (Å²) >= 11 is 0. The van der Waals surface area contributed by atoms with Crippen molar-refractivity contribution >= 4 is 48.4 Å². The van der Waals surface area contributed by atoms with Crippen LogP contribution in [0.4, 0.5) is 0 Å². The summed E-state index contributed by atoms with van der Waals surface area (Å²) in [6, 6.07) is 20.0. The number of hydrogen-bond acceptors (Lipinski definition) is 0. The summed E-state index contributed by atoms with van der Waals surface area (Å²) in [5.74, 6) is 77.0. The van der Waals surface area contributed by atoms with Crippen LogP contribution in [0.1, 0.15) is 260 Å². The predicted octanol–water partition coefficient (Wildman–Crippen LogP) is 26.3. The van der Waals surface area contributed by atoms with Gasteiger partial charge in [0.1, 0.15) is 48.4 Å². The maximum Gasteiger partial charge on any atom is 0.146 e. The van der Waals surface area contributed by atoms with Gasteiger partial charge in [0.15, 0.2) is 0 Å². The lowest BCUT2D eigenvalue weighted by molar-refractivity contribution is 0.838. The Bertz CT molecular complexity index is 3970. The minimum atomic E-state index is -2.39. The normalized spacial score (nSPS) is 12.5. The molecule has 0 bridgehead atoms. The molecule has 2 rings (SSSR count). The SMILES string of the molecule is CC(C)[Si](C#C/C(C#CC#C/C(C#C[Si](C(C)C)(C(C)C)C(C)C)=C(/C#CC#Cc1ccccc1)C#C[Si](C(C)C)(C(C)C)C(C)C)=C(\C#CC#C/C(C#C[Si](C(C)C)(C(C)C)C(C)C)=C(/C#CC#Cc1ccccc1)C#C[Si](C(C)C)(C(C)C)C(C)C)C#C[Si](C(C)C)(C(C)C)C(C)C)(C(C)C)C(C)C. The van der Waals surface area contributed by atoms with E-state index >= 15 is 0 Å². The van der Waals surface area contributed by atoms with E-state index in [-0.39, 0.29) is 0 Å². The highest BCUT2D eigenvalue weighted by molar-refractivity contribution is 6.93. The van der Waals surface area contributed by atoms with Crippen LogP contribution in [-0.2, 0) is 0 Å². The number of rotatable bonds is 18. The molecule has 0 heterocycles. The van der Waals surface area contributed by atoms with Gasteiger partial charge in [0.25, 0.3) is 0 Å². The third-order valence-corrected chi connectivity index (χ3v) is 61.4. The predicted molar refractivity (Wildman–Crippen MR) is 487 cm³/mol. The maximum absolute atomic E-state index is 4.07. The first-order valence-corrected chi connectivity index (χ1v) is 53.4. The molecule has 0 aliphatic carbocycles. The van der Waals surface area contributed by atoms with E-state index in [1.165, 1.54) is 0 Å². The molecule has 2 aromatic rings. The van der Waals surface area contributed by atoms with Gasteiger partial charge >= 0.3 is 0 Å². The molecule has 0 nitrogen and oxygen atoms in total. The van der Waals surface area contributed by atoms with Crippen molar-refractivity contribution in [2.24, 2.45) is 0 Å². The Hall–Kier alpha value is -7.20. The van der Waals surface area contributed by atoms with Crippen molar-refractivity contribution in [3.8, 4) is 164 Å². The van der Waals surface area contributed by atoms with Gasteiger partial charge in [-0.15, -0.1) is 33.3 Å². The molecule has 0 fully saturated rings. The summed E-state index contributed by atoms with van der Waals surface area (Å²) in [5, 5.41) is 0. The molecule has 0 N–H and O–H groups in total.